The summed E-state index contributed by atoms with van der Waals surface area (Å²) in [7, 11) is 0. The highest BCUT2D eigenvalue weighted by Gasteiger charge is 2.27. The minimum atomic E-state index is 0.0797. The molecule has 0 radical (unpaired) electrons. The molecule has 0 aliphatic carbocycles. The van der Waals surface area contributed by atoms with Crippen LogP contribution < -0.4 is 5.32 Å². The SMILES string of the molecule is Cc1cccnc1[C@@H](NCC(=O)N1C[C@@H](C)O[C@@H](C)C1)C(C)C. The molecule has 0 spiro atoms. The zero-order valence-electron chi connectivity index (χ0n) is 14.9. The molecule has 2 heterocycles. The summed E-state index contributed by atoms with van der Waals surface area (Å²) >= 11 is 0. The predicted molar refractivity (Wildman–Crippen MR) is 91.1 cm³/mol. The van der Waals surface area contributed by atoms with Crippen LogP contribution in [0.1, 0.15) is 45.0 Å². The van der Waals surface area contributed by atoms with Crippen molar-refractivity contribution in [3.63, 3.8) is 0 Å². The van der Waals surface area contributed by atoms with E-state index in [0.717, 1.165) is 11.3 Å². The Bertz CT molecular complexity index is 523. The van der Waals surface area contributed by atoms with Gasteiger partial charge in [0.1, 0.15) is 0 Å². The highest BCUT2D eigenvalue weighted by molar-refractivity contribution is 5.78. The largest absolute Gasteiger partial charge is 0.372 e. The number of carbonyl (C=O) groups is 1. The second kappa shape index (κ2) is 7.88. The topological polar surface area (TPSA) is 54.5 Å². The lowest BCUT2D eigenvalue weighted by molar-refractivity contribution is -0.142. The normalized spacial score (nSPS) is 23.1. The van der Waals surface area contributed by atoms with Crippen LogP contribution in [0.5, 0.6) is 0 Å². The predicted octanol–water partition coefficient (Wildman–Crippen LogP) is 2.31. The van der Waals surface area contributed by atoms with Gasteiger partial charge in [0, 0.05) is 19.3 Å². The van der Waals surface area contributed by atoms with Gasteiger partial charge in [-0.25, -0.2) is 0 Å². The number of ether oxygens (including phenoxy) is 1. The molecule has 1 aliphatic rings. The van der Waals surface area contributed by atoms with Gasteiger partial charge in [-0.05, 0) is 38.3 Å². The highest BCUT2D eigenvalue weighted by Crippen LogP contribution is 2.22. The quantitative estimate of drug-likeness (QED) is 0.905. The summed E-state index contributed by atoms with van der Waals surface area (Å²) in [6.07, 6.45) is 2.01. The number of aromatic nitrogens is 1. The molecule has 1 fully saturated rings. The van der Waals surface area contributed by atoms with Gasteiger partial charge in [0.25, 0.3) is 0 Å². The molecule has 5 nitrogen and oxygen atoms in total. The van der Waals surface area contributed by atoms with Crippen LogP contribution in [-0.4, -0.2) is 47.6 Å². The minimum absolute atomic E-state index is 0.0797. The van der Waals surface area contributed by atoms with Gasteiger partial charge in [0.2, 0.25) is 5.91 Å². The third-order valence-electron chi connectivity index (χ3n) is 4.26. The molecular formula is C18H29N3O2. The van der Waals surface area contributed by atoms with Gasteiger partial charge in [-0.3, -0.25) is 15.1 Å². The smallest absolute Gasteiger partial charge is 0.236 e. The molecule has 1 N–H and O–H groups in total. The van der Waals surface area contributed by atoms with Crippen LogP contribution in [0, 0.1) is 12.8 Å². The summed E-state index contributed by atoms with van der Waals surface area (Å²) in [5.74, 6) is 0.491. The molecule has 0 aromatic carbocycles. The van der Waals surface area contributed by atoms with Crippen LogP contribution in [0.25, 0.3) is 0 Å². The maximum Gasteiger partial charge on any atom is 0.236 e. The van der Waals surface area contributed by atoms with Crippen LogP contribution in [0.3, 0.4) is 0 Å². The molecule has 1 saturated heterocycles. The van der Waals surface area contributed by atoms with E-state index < -0.39 is 0 Å². The number of hydrogen-bond donors (Lipinski definition) is 1. The van der Waals surface area contributed by atoms with Gasteiger partial charge in [-0.2, -0.15) is 0 Å². The lowest BCUT2D eigenvalue weighted by Crippen LogP contribution is -2.51. The number of nitrogens with zero attached hydrogens (tertiary/aromatic N) is 2. The fraction of sp³-hybridized carbons (Fsp3) is 0.667. The number of hydrogen-bond acceptors (Lipinski definition) is 4. The number of rotatable bonds is 5. The zero-order chi connectivity index (χ0) is 17.0. The first-order valence-electron chi connectivity index (χ1n) is 8.46. The lowest BCUT2D eigenvalue weighted by Gasteiger charge is -2.36. The molecule has 1 aromatic heterocycles. The Morgan fingerprint density at radius 2 is 2.04 bits per heavy atom. The van der Waals surface area contributed by atoms with Gasteiger partial charge in [-0.15, -0.1) is 0 Å². The molecule has 1 amide bonds. The summed E-state index contributed by atoms with van der Waals surface area (Å²) in [4.78, 5) is 18.9. The van der Waals surface area contributed by atoms with Crippen LogP contribution in [-0.2, 0) is 9.53 Å². The van der Waals surface area contributed by atoms with Gasteiger partial charge in [-0.1, -0.05) is 19.9 Å². The maximum absolute atomic E-state index is 12.5. The Morgan fingerprint density at radius 1 is 1.39 bits per heavy atom. The zero-order valence-corrected chi connectivity index (χ0v) is 14.9. The van der Waals surface area contributed by atoms with Crippen LogP contribution >= 0.6 is 0 Å². The average Bonchev–Trinajstić information content (AvgIpc) is 2.47. The summed E-state index contributed by atoms with van der Waals surface area (Å²) in [6.45, 7) is 12.0. The van der Waals surface area contributed by atoms with Gasteiger partial charge in [0.05, 0.1) is 30.5 Å². The Morgan fingerprint density at radius 3 is 2.61 bits per heavy atom. The van der Waals surface area contributed by atoms with Gasteiger partial charge >= 0.3 is 0 Å². The van der Waals surface area contributed by atoms with Crippen molar-refractivity contribution in [2.75, 3.05) is 19.6 Å². The van der Waals surface area contributed by atoms with E-state index in [4.69, 9.17) is 4.74 Å². The molecule has 0 unspecified atom stereocenters. The second-order valence-corrected chi connectivity index (χ2v) is 6.86. The standard InChI is InChI=1S/C18H29N3O2/c1-12(2)17(18-13(3)7-6-8-19-18)20-9-16(22)21-10-14(4)23-15(5)11-21/h6-8,12,14-15,17,20H,9-11H2,1-5H3/t14-,15+,17-/m0/s1. The summed E-state index contributed by atoms with van der Waals surface area (Å²) in [5, 5.41) is 3.41. The van der Waals surface area contributed by atoms with E-state index in [1.165, 1.54) is 0 Å². The number of morpholine rings is 1. The number of carbonyl (C=O) groups excluding carboxylic acids is 1. The molecule has 23 heavy (non-hydrogen) atoms. The van der Waals surface area contributed by atoms with Crippen molar-refractivity contribution in [2.24, 2.45) is 5.92 Å². The van der Waals surface area contributed by atoms with Crippen molar-refractivity contribution in [2.45, 2.75) is 52.9 Å². The minimum Gasteiger partial charge on any atom is -0.372 e. The fourth-order valence-corrected chi connectivity index (χ4v) is 3.16. The number of nitrogens with one attached hydrogen (secondary N) is 1. The molecular weight excluding hydrogens is 290 g/mol. The molecule has 5 heteroatoms. The van der Waals surface area contributed by atoms with Crippen molar-refractivity contribution >= 4 is 5.91 Å². The Labute approximate surface area is 139 Å². The van der Waals surface area contributed by atoms with E-state index in [2.05, 4.69) is 37.1 Å². The monoisotopic (exact) mass is 319 g/mol. The van der Waals surface area contributed by atoms with Crippen molar-refractivity contribution in [3.8, 4) is 0 Å². The van der Waals surface area contributed by atoms with Crippen molar-refractivity contribution < 1.29 is 9.53 Å². The number of pyridine rings is 1. The van der Waals surface area contributed by atoms with E-state index in [9.17, 15) is 4.79 Å². The summed E-state index contributed by atoms with van der Waals surface area (Å²) in [5.41, 5.74) is 2.18. The van der Waals surface area contributed by atoms with E-state index in [1.54, 1.807) is 0 Å². The van der Waals surface area contributed by atoms with Crippen molar-refractivity contribution in [1.82, 2.24) is 15.2 Å². The third kappa shape index (κ3) is 4.75. The van der Waals surface area contributed by atoms with Crippen molar-refractivity contribution in [3.05, 3.63) is 29.6 Å². The van der Waals surface area contributed by atoms with E-state index in [-0.39, 0.29) is 24.2 Å². The molecule has 128 valence electrons. The Hall–Kier alpha value is -1.46. The summed E-state index contributed by atoms with van der Waals surface area (Å²) < 4.78 is 5.69. The Kier molecular flexibility index (Phi) is 6.13. The molecule has 2 rings (SSSR count). The first kappa shape index (κ1) is 17.9. The second-order valence-electron chi connectivity index (χ2n) is 6.86. The van der Waals surface area contributed by atoms with Crippen molar-refractivity contribution in [1.29, 1.82) is 0 Å². The number of aryl methyl sites for hydroxylation is 1. The van der Waals surface area contributed by atoms with Crippen LogP contribution in [0.15, 0.2) is 18.3 Å². The maximum atomic E-state index is 12.5. The van der Waals surface area contributed by atoms with E-state index >= 15 is 0 Å². The Balaban J connectivity index is 1.99. The molecule has 1 aromatic rings. The highest BCUT2D eigenvalue weighted by atomic mass is 16.5. The van der Waals surface area contributed by atoms with E-state index in [1.807, 2.05) is 31.0 Å². The molecule has 1 aliphatic heterocycles. The van der Waals surface area contributed by atoms with Gasteiger partial charge in [0.15, 0.2) is 0 Å². The first-order chi connectivity index (χ1) is 10.9. The van der Waals surface area contributed by atoms with Gasteiger partial charge < -0.3 is 9.64 Å². The van der Waals surface area contributed by atoms with E-state index in [0.29, 0.717) is 25.6 Å². The number of amides is 1. The first-order valence-corrected chi connectivity index (χ1v) is 8.46. The van der Waals surface area contributed by atoms with Crippen LogP contribution in [0.4, 0.5) is 0 Å². The average molecular weight is 319 g/mol. The fourth-order valence-electron chi connectivity index (χ4n) is 3.16. The summed E-state index contributed by atoms with van der Waals surface area (Å²) in [6, 6.07) is 4.08. The molecule has 0 saturated carbocycles. The molecule has 0 bridgehead atoms. The van der Waals surface area contributed by atoms with Crippen LogP contribution in [0.2, 0.25) is 0 Å². The molecule has 3 atom stereocenters. The third-order valence-corrected chi connectivity index (χ3v) is 4.26. The lowest BCUT2D eigenvalue weighted by atomic mass is 9.97.